The number of carbonyl (C=O) groups excluding carboxylic acids is 1. The first-order chi connectivity index (χ1) is 6.09. The third-order valence-electron chi connectivity index (χ3n) is 1.47. The molecule has 0 aliphatic heterocycles. The molecule has 1 heterocycles. The molecule has 0 saturated carbocycles. The number of aromatic nitrogens is 1. The SMILES string of the molecule is CC(=S)C(=O)Nc1ccc(C)cn1.[HH]. The van der Waals surface area contributed by atoms with Gasteiger partial charge in [-0.1, -0.05) is 18.3 Å². The highest BCUT2D eigenvalue weighted by atomic mass is 32.1. The number of nitrogens with zero attached hydrogens (tertiary/aromatic N) is 1. The number of thiocarbonyl (C=S) groups is 1. The van der Waals surface area contributed by atoms with Gasteiger partial charge in [0.2, 0.25) is 0 Å². The summed E-state index contributed by atoms with van der Waals surface area (Å²) >= 11 is 4.70. The largest absolute Gasteiger partial charge is 0.306 e. The number of amides is 1. The maximum Gasteiger partial charge on any atom is 0.263 e. The minimum Gasteiger partial charge on any atom is -0.306 e. The van der Waals surface area contributed by atoms with Crippen molar-refractivity contribution in [1.29, 1.82) is 0 Å². The lowest BCUT2D eigenvalue weighted by atomic mass is 10.3. The summed E-state index contributed by atoms with van der Waals surface area (Å²) in [6, 6.07) is 3.62. The van der Waals surface area contributed by atoms with Crippen LogP contribution in [0.2, 0.25) is 0 Å². The molecule has 4 heteroatoms. The van der Waals surface area contributed by atoms with E-state index in [1.54, 1.807) is 19.2 Å². The van der Waals surface area contributed by atoms with Crippen LogP contribution in [0.4, 0.5) is 5.82 Å². The van der Waals surface area contributed by atoms with Gasteiger partial charge in [-0.3, -0.25) is 4.79 Å². The molecule has 0 fully saturated rings. The predicted octanol–water partition coefficient (Wildman–Crippen LogP) is 1.96. The van der Waals surface area contributed by atoms with E-state index in [4.69, 9.17) is 12.2 Å². The molecule has 1 rings (SSSR count). The number of aryl methyl sites for hydroxylation is 1. The fourth-order valence-corrected chi connectivity index (χ4v) is 0.797. The molecule has 1 aromatic rings. The zero-order valence-corrected chi connectivity index (χ0v) is 8.31. The molecule has 1 N–H and O–H groups in total. The van der Waals surface area contributed by atoms with Crippen molar-refractivity contribution in [2.24, 2.45) is 0 Å². The molecule has 0 unspecified atom stereocenters. The molecule has 0 atom stereocenters. The molecule has 1 aromatic heterocycles. The van der Waals surface area contributed by atoms with E-state index in [1.165, 1.54) is 0 Å². The summed E-state index contributed by atoms with van der Waals surface area (Å²) in [5.41, 5.74) is 1.05. The van der Waals surface area contributed by atoms with Crippen molar-refractivity contribution in [3.8, 4) is 0 Å². The summed E-state index contributed by atoms with van der Waals surface area (Å²) in [5.74, 6) is 0.256. The minimum atomic E-state index is -0.272. The average Bonchev–Trinajstić information content (AvgIpc) is 2.08. The van der Waals surface area contributed by atoms with Crippen LogP contribution in [0.3, 0.4) is 0 Å². The summed E-state index contributed by atoms with van der Waals surface area (Å²) in [4.78, 5) is 15.4. The topological polar surface area (TPSA) is 42.0 Å². The third-order valence-corrected chi connectivity index (χ3v) is 1.66. The summed E-state index contributed by atoms with van der Waals surface area (Å²) in [5, 5.41) is 2.58. The van der Waals surface area contributed by atoms with Crippen LogP contribution in [0.5, 0.6) is 0 Å². The first-order valence-electron chi connectivity index (χ1n) is 3.84. The van der Waals surface area contributed by atoms with E-state index in [1.807, 2.05) is 13.0 Å². The highest BCUT2D eigenvalue weighted by Gasteiger charge is 2.03. The van der Waals surface area contributed by atoms with E-state index < -0.39 is 0 Å². The Balaban J connectivity index is 0.00000169. The maximum atomic E-state index is 11.1. The van der Waals surface area contributed by atoms with E-state index in [-0.39, 0.29) is 7.33 Å². The van der Waals surface area contributed by atoms with Crippen LogP contribution >= 0.6 is 12.2 Å². The number of pyridine rings is 1. The van der Waals surface area contributed by atoms with Crippen LogP contribution in [0.25, 0.3) is 0 Å². The van der Waals surface area contributed by atoms with Crippen molar-refractivity contribution in [1.82, 2.24) is 4.98 Å². The van der Waals surface area contributed by atoms with Gasteiger partial charge in [-0.2, -0.15) is 0 Å². The smallest absolute Gasteiger partial charge is 0.263 e. The normalized spacial score (nSPS) is 9.38. The number of nitrogens with one attached hydrogen (secondary N) is 1. The van der Waals surface area contributed by atoms with Crippen molar-refractivity contribution < 1.29 is 6.22 Å². The Bertz CT molecular complexity index is 337. The highest BCUT2D eigenvalue weighted by molar-refractivity contribution is 7.82. The lowest BCUT2D eigenvalue weighted by Gasteiger charge is -2.02. The Hall–Kier alpha value is -1.29. The second-order valence-corrected chi connectivity index (χ2v) is 3.34. The van der Waals surface area contributed by atoms with E-state index in [0.29, 0.717) is 10.7 Å². The quantitative estimate of drug-likeness (QED) is 0.735. The fraction of sp³-hybridized carbons (Fsp3) is 0.222. The Labute approximate surface area is 83.7 Å². The summed E-state index contributed by atoms with van der Waals surface area (Å²) in [7, 11) is 0. The molecule has 0 saturated heterocycles. The van der Waals surface area contributed by atoms with Crippen LogP contribution in [0, 0.1) is 6.92 Å². The standard InChI is InChI=1S/C9H10N2OS.H2/c1-6-3-4-8(10-5-6)11-9(12)7(2)13;/h3-5H,1-2H3,(H,10,11,12);1H. The van der Waals surface area contributed by atoms with Gasteiger partial charge in [-0.15, -0.1) is 0 Å². The predicted molar refractivity (Wildman–Crippen MR) is 58.0 cm³/mol. The van der Waals surface area contributed by atoms with Crippen molar-refractivity contribution in [3.63, 3.8) is 0 Å². The molecule has 0 spiro atoms. The molecule has 0 aliphatic carbocycles. The monoisotopic (exact) mass is 196 g/mol. The lowest BCUT2D eigenvalue weighted by molar-refractivity contribution is -0.110. The van der Waals surface area contributed by atoms with Crippen molar-refractivity contribution >= 4 is 28.8 Å². The number of hydrogen-bond donors (Lipinski definition) is 1. The fourth-order valence-electron chi connectivity index (χ4n) is 0.746. The highest BCUT2D eigenvalue weighted by Crippen LogP contribution is 2.03. The van der Waals surface area contributed by atoms with Gasteiger partial charge in [0.15, 0.2) is 0 Å². The summed E-state index contributed by atoms with van der Waals surface area (Å²) < 4.78 is 0. The Morgan fingerprint density at radius 2 is 2.31 bits per heavy atom. The van der Waals surface area contributed by atoms with Crippen LogP contribution in [0.15, 0.2) is 18.3 Å². The number of carbonyl (C=O) groups is 1. The van der Waals surface area contributed by atoms with E-state index in [2.05, 4.69) is 10.3 Å². The Morgan fingerprint density at radius 1 is 1.62 bits per heavy atom. The molecule has 13 heavy (non-hydrogen) atoms. The minimum absolute atomic E-state index is 0. The van der Waals surface area contributed by atoms with Crippen molar-refractivity contribution in [3.05, 3.63) is 23.9 Å². The second kappa shape index (κ2) is 4.09. The Kier molecular flexibility index (Phi) is 3.08. The molecule has 1 amide bonds. The summed E-state index contributed by atoms with van der Waals surface area (Å²) in [6.45, 7) is 3.52. The Morgan fingerprint density at radius 3 is 2.77 bits per heavy atom. The first-order valence-corrected chi connectivity index (χ1v) is 4.25. The van der Waals surface area contributed by atoms with Crippen molar-refractivity contribution in [2.45, 2.75) is 13.8 Å². The van der Waals surface area contributed by atoms with Gasteiger partial charge in [0.1, 0.15) is 5.82 Å². The molecule has 3 nitrogen and oxygen atoms in total. The van der Waals surface area contributed by atoms with E-state index in [0.717, 1.165) is 5.56 Å². The lowest BCUT2D eigenvalue weighted by Crippen LogP contribution is -2.18. The molecular weight excluding hydrogens is 184 g/mol. The van der Waals surface area contributed by atoms with E-state index in [9.17, 15) is 4.79 Å². The van der Waals surface area contributed by atoms with Crippen LogP contribution in [0.1, 0.15) is 13.9 Å². The van der Waals surface area contributed by atoms with Gasteiger partial charge < -0.3 is 5.32 Å². The first kappa shape index (κ1) is 9.80. The van der Waals surface area contributed by atoms with Gasteiger partial charge in [0, 0.05) is 7.62 Å². The summed E-state index contributed by atoms with van der Waals surface area (Å²) in [6.07, 6.45) is 1.69. The zero-order chi connectivity index (χ0) is 9.84. The van der Waals surface area contributed by atoms with Gasteiger partial charge in [-0.05, 0) is 25.5 Å². The molecular formula is C9H12N2OS. The van der Waals surface area contributed by atoms with E-state index >= 15 is 0 Å². The van der Waals surface area contributed by atoms with Gasteiger partial charge in [0.05, 0.1) is 4.86 Å². The van der Waals surface area contributed by atoms with Crippen molar-refractivity contribution in [2.75, 3.05) is 5.32 Å². The molecule has 0 aliphatic rings. The van der Waals surface area contributed by atoms with Crippen LogP contribution in [-0.4, -0.2) is 15.8 Å². The van der Waals surface area contributed by atoms with Crippen LogP contribution < -0.4 is 5.32 Å². The number of anilines is 1. The average molecular weight is 196 g/mol. The zero-order valence-electron chi connectivity index (χ0n) is 7.50. The van der Waals surface area contributed by atoms with Gasteiger partial charge in [0.25, 0.3) is 5.91 Å². The van der Waals surface area contributed by atoms with Crippen LogP contribution in [-0.2, 0) is 4.79 Å². The maximum absolute atomic E-state index is 11.1. The second-order valence-electron chi connectivity index (χ2n) is 2.73. The van der Waals surface area contributed by atoms with Gasteiger partial charge in [-0.25, -0.2) is 4.98 Å². The number of rotatable bonds is 2. The molecule has 0 aromatic carbocycles. The molecule has 0 radical (unpaired) electrons. The third kappa shape index (κ3) is 2.91. The molecule has 0 bridgehead atoms. The number of hydrogen-bond acceptors (Lipinski definition) is 3. The van der Waals surface area contributed by atoms with Gasteiger partial charge >= 0.3 is 0 Å². The molecule has 70 valence electrons.